The fraction of sp³-hybridized carbons (Fsp3) is 0.306. The lowest BCUT2D eigenvalue weighted by Crippen LogP contribution is -2.34. The van der Waals surface area contributed by atoms with Gasteiger partial charge in [0.05, 0.1) is 17.7 Å². The normalized spacial score (nSPS) is 14.0. The smallest absolute Gasteiger partial charge is 0.137 e. The molecule has 5 nitrogen and oxygen atoms in total. The fourth-order valence-corrected chi connectivity index (χ4v) is 9.80. The molecule has 5 heteroatoms. The standard InChI is InChI=1S/C62H68N4O/c1-58(2,3)44-27-22-28-47(33-44)65-41-64(40-55(65)62(12,13)43-25-18-15-19-26-43)48-34-46(59(4,5)6)35-49(37-48)67-50-38-52(60(7,8)9)57-51-29-20-21-30-53(51)66(54(57)39-50)56-36-45(31-32-63-56)61(10,11)42-23-16-14-17-24-42/h14-40H,41H2,1-13H3. The summed E-state index contributed by atoms with van der Waals surface area (Å²) in [5.41, 5.74) is 12.4. The van der Waals surface area contributed by atoms with E-state index in [0.29, 0.717) is 6.67 Å². The maximum Gasteiger partial charge on any atom is 0.137 e. The second-order valence-electron chi connectivity index (χ2n) is 22.8. The van der Waals surface area contributed by atoms with Crippen molar-refractivity contribution in [1.82, 2.24) is 9.55 Å². The van der Waals surface area contributed by atoms with Crippen LogP contribution in [0.1, 0.15) is 123 Å². The third-order valence-corrected chi connectivity index (χ3v) is 14.1. The Balaban J connectivity index is 1.18. The van der Waals surface area contributed by atoms with Crippen LogP contribution in [0, 0.1) is 0 Å². The Labute approximate surface area is 399 Å². The average molecular weight is 885 g/mol. The van der Waals surface area contributed by atoms with Gasteiger partial charge in [0.1, 0.15) is 17.3 Å². The Morgan fingerprint density at radius 2 is 1.06 bits per heavy atom. The van der Waals surface area contributed by atoms with Gasteiger partial charge in [0, 0.05) is 63.2 Å². The minimum Gasteiger partial charge on any atom is -0.457 e. The molecule has 0 saturated carbocycles. The molecule has 3 heterocycles. The maximum absolute atomic E-state index is 7.21. The van der Waals surface area contributed by atoms with Crippen LogP contribution in [0.15, 0.2) is 170 Å². The molecule has 2 aromatic heterocycles. The lowest BCUT2D eigenvalue weighted by molar-refractivity contribution is 0.476. The van der Waals surface area contributed by atoms with Gasteiger partial charge in [0.2, 0.25) is 0 Å². The lowest BCUT2D eigenvalue weighted by Gasteiger charge is -2.34. The van der Waals surface area contributed by atoms with E-state index in [1.165, 1.54) is 55.5 Å². The summed E-state index contributed by atoms with van der Waals surface area (Å²) in [7, 11) is 0. The molecule has 342 valence electrons. The Kier molecular flexibility index (Phi) is 11.3. The van der Waals surface area contributed by atoms with Crippen LogP contribution in [0.2, 0.25) is 0 Å². The van der Waals surface area contributed by atoms with Crippen LogP contribution in [-0.2, 0) is 27.1 Å². The van der Waals surface area contributed by atoms with Gasteiger partial charge in [-0.3, -0.25) is 4.57 Å². The molecule has 0 aliphatic carbocycles. The van der Waals surface area contributed by atoms with E-state index in [-0.39, 0.29) is 27.1 Å². The zero-order valence-electron chi connectivity index (χ0n) is 42.0. The summed E-state index contributed by atoms with van der Waals surface area (Å²) in [4.78, 5) is 9.99. The van der Waals surface area contributed by atoms with Crippen molar-refractivity contribution in [3.05, 3.63) is 203 Å². The van der Waals surface area contributed by atoms with E-state index in [4.69, 9.17) is 9.72 Å². The first-order valence-corrected chi connectivity index (χ1v) is 24.0. The van der Waals surface area contributed by atoms with Crippen molar-refractivity contribution in [2.45, 2.75) is 117 Å². The number of allylic oxidation sites excluding steroid dienone is 1. The summed E-state index contributed by atoms with van der Waals surface area (Å²) in [6, 6.07) is 55.2. The van der Waals surface area contributed by atoms with Crippen LogP contribution in [-0.4, -0.2) is 16.2 Å². The summed E-state index contributed by atoms with van der Waals surface area (Å²) >= 11 is 0. The Morgan fingerprint density at radius 3 is 1.72 bits per heavy atom. The van der Waals surface area contributed by atoms with Crippen molar-refractivity contribution in [2.75, 3.05) is 16.5 Å². The van der Waals surface area contributed by atoms with Crippen molar-refractivity contribution >= 4 is 33.2 Å². The maximum atomic E-state index is 7.21. The fourth-order valence-electron chi connectivity index (χ4n) is 9.80. The van der Waals surface area contributed by atoms with E-state index < -0.39 is 0 Å². The molecule has 6 aromatic carbocycles. The molecular weight excluding hydrogens is 817 g/mol. The summed E-state index contributed by atoms with van der Waals surface area (Å²) in [6.45, 7) is 30.6. The summed E-state index contributed by atoms with van der Waals surface area (Å²) in [5, 5.41) is 2.42. The van der Waals surface area contributed by atoms with Gasteiger partial charge >= 0.3 is 0 Å². The van der Waals surface area contributed by atoms with E-state index in [0.717, 1.165) is 34.0 Å². The van der Waals surface area contributed by atoms with E-state index in [1.54, 1.807) is 0 Å². The third kappa shape index (κ3) is 8.66. The van der Waals surface area contributed by atoms with Crippen molar-refractivity contribution in [2.24, 2.45) is 0 Å². The highest BCUT2D eigenvalue weighted by atomic mass is 16.5. The van der Waals surface area contributed by atoms with Crippen molar-refractivity contribution < 1.29 is 4.74 Å². The van der Waals surface area contributed by atoms with Crippen LogP contribution in [0.5, 0.6) is 11.5 Å². The molecule has 0 radical (unpaired) electrons. The highest BCUT2D eigenvalue weighted by Crippen LogP contribution is 2.46. The topological polar surface area (TPSA) is 33.5 Å². The third-order valence-electron chi connectivity index (χ3n) is 14.1. The number of nitrogens with zero attached hydrogens (tertiary/aromatic N) is 4. The lowest BCUT2D eigenvalue weighted by atomic mass is 9.78. The number of ether oxygens (including phenoxy) is 1. The molecule has 67 heavy (non-hydrogen) atoms. The first-order chi connectivity index (χ1) is 31.6. The van der Waals surface area contributed by atoms with Gasteiger partial charge in [-0.15, -0.1) is 0 Å². The summed E-state index contributed by atoms with van der Waals surface area (Å²) in [5.74, 6) is 2.48. The number of pyridine rings is 1. The molecular formula is C62H68N4O. The Bertz CT molecular complexity index is 3130. The van der Waals surface area contributed by atoms with Gasteiger partial charge in [-0.1, -0.05) is 181 Å². The van der Waals surface area contributed by atoms with Crippen LogP contribution in [0.25, 0.3) is 27.6 Å². The summed E-state index contributed by atoms with van der Waals surface area (Å²) < 4.78 is 9.55. The van der Waals surface area contributed by atoms with E-state index in [1.807, 2.05) is 6.20 Å². The first-order valence-electron chi connectivity index (χ1n) is 24.0. The van der Waals surface area contributed by atoms with Crippen LogP contribution < -0.4 is 14.5 Å². The minimum absolute atomic E-state index is 0.0194. The molecule has 0 unspecified atom stereocenters. The van der Waals surface area contributed by atoms with Crippen LogP contribution >= 0.6 is 0 Å². The number of para-hydroxylation sites is 1. The number of fused-ring (bicyclic) bond motifs is 3. The minimum atomic E-state index is -0.280. The highest BCUT2D eigenvalue weighted by molar-refractivity contribution is 6.11. The van der Waals surface area contributed by atoms with Crippen molar-refractivity contribution in [3.63, 3.8) is 0 Å². The molecule has 0 fully saturated rings. The monoisotopic (exact) mass is 885 g/mol. The van der Waals surface area contributed by atoms with E-state index in [2.05, 4.69) is 262 Å². The van der Waals surface area contributed by atoms with E-state index >= 15 is 0 Å². The number of rotatable bonds is 9. The van der Waals surface area contributed by atoms with Gasteiger partial charge < -0.3 is 14.5 Å². The Morgan fingerprint density at radius 1 is 0.463 bits per heavy atom. The number of hydrogen-bond donors (Lipinski definition) is 0. The molecule has 0 amide bonds. The van der Waals surface area contributed by atoms with Gasteiger partial charge in [0.15, 0.2) is 0 Å². The van der Waals surface area contributed by atoms with Crippen molar-refractivity contribution in [1.29, 1.82) is 0 Å². The number of aromatic nitrogens is 2. The second kappa shape index (κ2) is 16.6. The predicted molar refractivity (Wildman–Crippen MR) is 284 cm³/mol. The first kappa shape index (κ1) is 45.6. The second-order valence-corrected chi connectivity index (χ2v) is 22.8. The van der Waals surface area contributed by atoms with Gasteiger partial charge in [-0.05, 0) is 98.2 Å². The molecule has 1 aliphatic heterocycles. The highest BCUT2D eigenvalue weighted by Gasteiger charge is 2.37. The summed E-state index contributed by atoms with van der Waals surface area (Å²) in [6.07, 6.45) is 4.33. The molecule has 0 N–H and O–H groups in total. The quantitative estimate of drug-likeness (QED) is 0.145. The average Bonchev–Trinajstić information content (AvgIpc) is 3.90. The van der Waals surface area contributed by atoms with Crippen LogP contribution in [0.3, 0.4) is 0 Å². The molecule has 9 rings (SSSR count). The number of benzene rings is 6. The van der Waals surface area contributed by atoms with Crippen molar-refractivity contribution in [3.8, 4) is 17.3 Å². The largest absolute Gasteiger partial charge is 0.457 e. The zero-order valence-corrected chi connectivity index (χ0v) is 42.0. The SMILES string of the molecule is CC(C)(C)c1cc(Oc2cc(C(C)(C)C)c3c4ccccc4n(-c4cc(C(C)(C)c5ccccc5)ccn4)c3c2)cc(N2C=C(C(C)(C)c3ccccc3)N(c3cccc(C(C)(C)C)c3)C2)c1. The zero-order chi connectivity index (χ0) is 47.7. The number of anilines is 2. The van der Waals surface area contributed by atoms with Gasteiger partial charge in [-0.25, -0.2) is 4.98 Å². The molecule has 0 bridgehead atoms. The molecule has 0 saturated heterocycles. The Hall–Kier alpha value is -6.59. The van der Waals surface area contributed by atoms with E-state index in [9.17, 15) is 0 Å². The molecule has 0 atom stereocenters. The van der Waals surface area contributed by atoms with Gasteiger partial charge in [-0.2, -0.15) is 0 Å². The molecule has 0 spiro atoms. The molecule has 8 aromatic rings. The molecule has 1 aliphatic rings. The number of hydrogen-bond acceptors (Lipinski definition) is 4. The van der Waals surface area contributed by atoms with Gasteiger partial charge in [0.25, 0.3) is 0 Å². The predicted octanol–water partition coefficient (Wildman–Crippen LogP) is 16.3. The van der Waals surface area contributed by atoms with Crippen LogP contribution in [0.4, 0.5) is 11.4 Å².